The lowest BCUT2D eigenvalue weighted by molar-refractivity contribution is -0.139. The molecule has 0 N–H and O–H groups in total. The van der Waals surface area contributed by atoms with Crippen LogP contribution in [0.2, 0.25) is 0 Å². The highest BCUT2D eigenvalue weighted by Gasteiger charge is 2.39. The summed E-state index contributed by atoms with van der Waals surface area (Å²) in [6, 6.07) is 6.00. The number of nitrogens with zero attached hydrogens (tertiary/aromatic N) is 6. The first kappa shape index (κ1) is 21.2. The van der Waals surface area contributed by atoms with Crippen molar-refractivity contribution in [3.05, 3.63) is 60.4 Å². The molecule has 164 valence electrons. The van der Waals surface area contributed by atoms with E-state index in [-0.39, 0.29) is 26.2 Å². The predicted octanol–water partition coefficient (Wildman–Crippen LogP) is 2.50. The van der Waals surface area contributed by atoms with E-state index in [1.165, 1.54) is 18.5 Å². The molecule has 0 unspecified atom stereocenters. The Morgan fingerprint density at radius 2 is 1.65 bits per heavy atom. The number of hydrogen-bond donors (Lipinski definition) is 0. The Morgan fingerprint density at radius 3 is 2.29 bits per heavy atom. The number of aryl methyl sites for hydroxylation is 1. The molecule has 1 fully saturated rings. The minimum absolute atomic E-state index is 0.0396. The zero-order valence-corrected chi connectivity index (χ0v) is 17.3. The van der Waals surface area contributed by atoms with Gasteiger partial charge in [-0.3, -0.25) is 4.57 Å². The highest BCUT2D eigenvalue weighted by molar-refractivity contribution is 7.89. The third-order valence-electron chi connectivity index (χ3n) is 5.08. The Kier molecular flexibility index (Phi) is 5.43. The highest BCUT2D eigenvalue weighted by Crippen LogP contribution is 2.35. The molecule has 8 nitrogen and oxygen atoms in total. The average Bonchev–Trinajstić information content (AvgIpc) is 3.19. The maximum atomic E-state index is 13.3. The molecule has 4 rings (SSSR count). The fourth-order valence-corrected chi connectivity index (χ4v) is 5.12. The largest absolute Gasteiger partial charge is 0.417 e. The Labute approximate surface area is 177 Å². The van der Waals surface area contributed by atoms with Gasteiger partial charge in [-0.05, 0) is 19.1 Å². The third kappa shape index (κ3) is 4.12. The molecule has 0 aliphatic carbocycles. The SMILES string of the molecule is Cc1nccn1-c1cc(N2CCN(S(=O)(=O)c3ccccc3C(F)(F)F)CC2)ncn1. The van der Waals surface area contributed by atoms with Crippen LogP contribution in [0.15, 0.2) is 53.9 Å². The number of aromatic nitrogens is 4. The monoisotopic (exact) mass is 452 g/mol. The van der Waals surface area contributed by atoms with Crippen molar-refractivity contribution < 1.29 is 21.6 Å². The van der Waals surface area contributed by atoms with E-state index in [9.17, 15) is 21.6 Å². The minimum Gasteiger partial charge on any atom is -0.354 e. The molecule has 0 saturated carbocycles. The molecule has 0 radical (unpaired) electrons. The molecule has 2 aromatic heterocycles. The summed E-state index contributed by atoms with van der Waals surface area (Å²) < 4.78 is 68.6. The van der Waals surface area contributed by atoms with Crippen LogP contribution in [-0.2, 0) is 16.2 Å². The first-order valence-electron chi connectivity index (χ1n) is 9.41. The Morgan fingerprint density at radius 1 is 0.968 bits per heavy atom. The van der Waals surface area contributed by atoms with Gasteiger partial charge in [0.15, 0.2) is 0 Å². The van der Waals surface area contributed by atoms with Crippen molar-refractivity contribution in [2.24, 2.45) is 0 Å². The van der Waals surface area contributed by atoms with Crippen LogP contribution in [0.3, 0.4) is 0 Å². The normalized spacial score (nSPS) is 15.9. The van der Waals surface area contributed by atoms with Crippen LogP contribution in [0, 0.1) is 6.92 Å². The number of halogens is 3. The number of anilines is 1. The fourth-order valence-electron chi connectivity index (χ4n) is 3.48. The molecule has 3 heterocycles. The van der Waals surface area contributed by atoms with E-state index in [1.807, 2.05) is 11.8 Å². The van der Waals surface area contributed by atoms with Crippen molar-refractivity contribution >= 4 is 15.8 Å². The van der Waals surface area contributed by atoms with Gasteiger partial charge < -0.3 is 4.90 Å². The molecule has 1 aromatic carbocycles. The van der Waals surface area contributed by atoms with Gasteiger partial charge in [-0.2, -0.15) is 17.5 Å². The van der Waals surface area contributed by atoms with Crippen LogP contribution < -0.4 is 4.90 Å². The predicted molar refractivity (Wildman–Crippen MR) is 106 cm³/mol. The van der Waals surface area contributed by atoms with Gasteiger partial charge in [0.25, 0.3) is 0 Å². The second-order valence-corrected chi connectivity index (χ2v) is 8.87. The van der Waals surface area contributed by atoms with Crippen molar-refractivity contribution in [3.8, 4) is 5.82 Å². The van der Waals surface area contributed by atoms with E-state index in [0.29, 0.717) is 11.6 Å². The molecular weight excluding hydrogens is 433 g/mol. The molecule has 0 bridgehead atoms. The average molecular weight is 452 g/mol. The standard InChI is InChI=1S/C19H19F3N6O2S/c1-14-23-6-7-28(14)18-12-17(24-13-25-18)26-8-10-27(11-9-26)31(29,30)16-5-3-2-4-15(16)19(20,21)22/h2-7,12-13H,8-11H2,1H3. The van der Waals surface area contributed by atoms with Gasteiger partial charge in [0.2, 0.25) is 10.0 Å². The number of hydrogen-bond acceptors (Lipinski definition) is 6. The lowest BCUT2D eigenvalue weighted by Gasteiger charge is -2.35. The third-order valence-corrected chi connectivity index (χ3v) is 7.04. The van der Waals surface area contributed by atoms with E-state index in [2.05, 4.69) is 15.0 Å². The summed E-state index contributed by atoms with van der Waals surface area (Å²) >= 11 is 0. The van der Waals surface area contributed by atoms with Gasteiger partial charge in [-0.15, -0.1) is 0 Å². The van der Waals surface area contributed by atoms with Crippen molar-refractivity contribution in [1.82, 2.24) is 23.8 Å². The summed E-state index contributed by atoms with van der Waals surface area (Å²) in [4.78, 5) is 13.8. The zero-order chi connectivity index (χ0) is 22.2. The number of benzene rings is 1. The molecule has 1 aliphatic heterocycles. The van der Waals surface area contributed by atoms with Crippen molar-refractivity contribution in [1.29, 1.82) is 0 Å². The summed E-state index contributed by atoms with van der Waals surface area (Å²) in [5, 5.41) is 0. The quantitative estimate of drug-likeness (QED) is 0.605. The first-order valence-corrected chi connectivity index (χ1v) is 10.9. The van der Waals surface area contributed by atoms with Gasteiger partial charge in [0, 0.05) is 44.6 Å². The molecule has 1 aliphatic rings. The second kappa shape index (κ2) is 7.93. The van der Waals surface area contributed by atoms with Gasteiger partial charge in [0.1, 0.15) is 23.8 Å². The van der Waals surface area contributed by atoms with Crippen LogP contribution >= 0.6 is 0 Å². The van der Waals surface area contributed by atoms with Crippen LogP contribution in [0.25, 0.3) is 5.82 Å². The van der Waals surface area contributed by atoms with Crippen molar-refractivity contribution in [3.63, 3.8) is 0 Å². The van der Waals surface area contributed by atoms with Gasteiger partial charge in [-0.25, -0.2) is 23.4 Å². The maximum Gasteiger partial charge on any atom is 0.417 e. The minimum atomic E-state index is -4.76. The first-order chi connectivity index (χ1) is 14.7. The summed E-state index contributed by atoms with van der Waals surface area (Å²) in [5.74, 6) is 1.98. The lowest BCUT2D eigenvalue weighted by Crippen LogP contribution is -2.49. The van der Waals surface area contributed by atoms with Gasteiger partial charge >= 0.3 is 6.18 Å². The molecule has 31 heavy (non-hydrogen) atoms. The number of imidazole rings is 1. The fraction of sp³-hybridized carbons (Fsp3) is 0.316. The number of piperazine rings is 1. The van der Waals surface area contributed by atoms with Crippen molar-refractivity contribution in [2.75, 3.05) is 31.1 Å². The smallest absolute Gasteiger partial charge is 0.354 e. The van der Waals surface area contributed by atoms with Gasteiger partial charge in [0.05, 0.1) is 10.5 Å². The van der Waals surface area contributed by atoms with Crippen molar-refractivity contribution in [2.45, 2.75) is 18.0 Å². The lowest BCUT2D eigenvalue weighted by atomic mass is 10.2. The Balaban J connectivity index is 1.53. The number of alkyl halides is 3. The summed E-state index contributed by atoms with van der Waals surface area (Å²) in [7, 11) is -4.29. The van der Waals surface area contributed by atoms with E-state index in [0.717, 1.165) is 22.3 Å². The Hall–Kier alpha value is -2.99. The number of rotatable bonds is 4. The molecule has 0 atom stereocenters. The molecule has 12 heteroatoms. The second-order valence-electron chi connectivity index (χ2n) is 6.96. The molecular formula is C19H19F3N6O2S. The van der Waals surface area contributed by atoms with Crippen LogP contribution in [0.5, 0.6) is 0 Å². The van der Waals surface area contributed by atoms with E-state index < -0.39 is 26.7 Å². The van der Waals surface area contributed by atoms with E-state index >= 15 is 0 Å². The zero-order valence-electron chi connectivity index (χ0n) is 16.5. The molecule has 1 saturated heterocycles. The molecule has 0 spiro atoms. The number of sulfonamides is 1. The van der Waals surface area contributed by atoms with E-state index in [4.69, 9.17) is 0 Å². The summed E-state index contributed by atoms with van der Waals surface area (Å²) in [5.41, 5.74) is -1.16. The Bertz CT molecular complexity index is 1190. The topological polar surface area (TPSA) is 84.2 Å². The molecule has 3 aromatic rings. The summed E-state index contributed by atoms with van der Waals surface area (Å²) in [6.07, 6.45) is 0.0741. The van der Waals surface area contributed by atoms with Crippen LogP contribution in [0.4, 0.5) is 19.0 Å². The highest BCUT2D eigenvalue weighted by atomic mass is 32.2. The van der Waals surface area contributed by atoms with Crippen LogP contribution in [-0.4, -0.2) is 58.4 Å². The van der Waals surface area contributed by atoms with Crippen LogP contribution in [0.1, 0.15) is 11.4 Å². The van der Waals surface area contributed by atoms with E-state index in [1.54, 1.807) is 23.0 Å². The maximum absolute atomic E-state index is 13.3. The summed E-state index contributed by atoms with van der Waals surface area (Å²) in [6.45, 7) is 2.49. The molecule has 0 amide bonds. The van der Waals surface area contributed by atoms with Gasteiger partial charge in [-0.1, -0.05) is 12.1 Å².